The monoisotopic (exact) mass is 166 g/mol. The quantitative estimate of drug-likeness (QED) is 0.582. The first-order valence-electron chi connectivity index (χ1n) is 4.36. The van der Waals surface area contributed by atoms with Crippen molar-refractivity contribution in [1.82, 2.24) is 0 Å². The molecule has 0 spiro atoms. The minimum Gasteiger partial charge on any atom is -0.366 e. The molecule has 0 aromatic carbocycles. The van der Waals surface area contributed by atoms with E-state index in [0.29, 0.717) is 25.2 Å². The van der Waals surface area contributed by atoms with Crippen molar-refractivity contribution in [3.8, 4) is 11.8 Å². The molecule has 66 valence electrons. The number of ether oxygens (including phenoxy) is 1. The van der Waals surface area contributed by atoms with Crippen LogP contribution in [0.5, 0.6) is 0 Å². The number of ketones is 1. The van der Waals surface area contributed by atoms with Crippen LogP contribution < -0.4 is 0 Å². The molecule has 1 rings (SSSR count). The van der Waals surface area contributed by atoms with Crippen LogP contribution in [-0.2, 0) is 9.53 Å². The zero-order valence-corrected chi connectivity index (χ0v) is 7.43. The molecule has 0 unspecified atom stereocenters. The zero-order chi connectivity index (χ0) is 8.81. The van der Waals surface area contributed by atoms with E-state index in [4.69, 9.17) is 4.74 Å². The van der Waals surface area contributed by atoms with E-state index in [2.05, 4.69) is 11.8 Å². The summed E-state index contributed by atoms with van der Waals surface area (Å²) in [7, 11) is 0. The molecule has 1 saturated carbocycles. The standard InChI is InChI=1S/C10H14O2/c1-2-3-8-12-10-6-4-9(11)5-7-10/h10H,4-8H2,1H3. The van der Waals surface area contributed by atoms with Crippen LogP contribution in [0.25, 0.3) is 0 Å². The van der Waals surface area contributed by atoms with E-state index in [9.17, 15) is 4.79 Å². The first kappa shape index (κ1) is 9.28. The fourth-order valence-corrected chi connectivity index (χ4v) is 1.31. The molecule has 1 fully saturated rings. The van der Waals surface area contributed by atoms with Gasteiger partial charge in [0.1, 0.15) is 12.4 Å². The highest BCUT2D eigenvalue weighted by molar-refractivity contribution is 5.79. The van der Waals surface area contributed by atoms with Gasteiger partial charge >= 0.3 is 0 Å². The second-order valence-electron chi connectivity index (χ2n) is 2.98. The molecule has 0 aromatic rings. The minimum atomic E-state index is 0.267. The highest BCUT2D eigenvalue weighted by Gasteiger charge is 2.18. The predicted octanol–water partition coefficient (Wildman–Crippen LogP) is 1.54. The van der Waals surface area contributed by atoms with Crippen LogP contribution in [0.15, 0.2) is 0 Å². The zero-order valence-electron chi connectivity index (χ0n) is 7.43. The maximum Gasteiger partial charge on any atom is 0.133 e. The van der Waals surface area contributed by atoms with E-state index in [-0.39, 0.29) is 6.10 Å². The number of carbonyl (C=O) groups is 1. The number of hydrogen-bond acceptors (Lipinski definition) is 2. The molecule has 0 aliphatic heterocycles. The van der Waals surface area contributed by atoms with Crippen molar-refractivity contribution in [3.05, 3.63) is 0 Å². The Balaban J connectivity index is 2.16. The molecule has 0 saturated heterocycles. The van der Waals surface area contributed by atoms with E-state index < -0.39 is 0 Å². The van der Waals surface area contributed by atoms with Crippen molar-refractivity contribution in [1.29, 1.82) is 0 Å². The highest BCUT2D eigenvalue weighted by atomic mass is 16.5. The van der Waals surface area contributed by atoms with Gasteiger partial charge in [-0.25, -0.2) is 0 Å². The summed E-state index contributed by atoms with van der Waals surface area (Å²) in [4.78, 5) is 10.9. The van der Waals surface area contributed by atoms with Crippen molar-refractivity contribution in [2.24, 2.45) is 0 Å². The predicted molar refractivity (Wildman–Crippen MR) is 46.7 cm³/mol. The van der Waals surface area contributed by atoms with Crippen LogP contribution in [0.4, 0.5) is 0 Å². The normalized spacial score (nSPS) is 18.6. The van der Waals surface area contributed by atoms with Crippen LogP contribution in [0.2, 0.25) is 0 Å². The van der Waals surface area contributed by atoms with Crippen molar-refractivity contribution in [2.45, 2.75) is 38.7 Å². The average Bonchev–Trinajstić information content (AvgIpc) is 2.09. The summed E-state index contributed by atoms with van der Waals surface area (Å²) in [5.41, 5.74) is 0. The Morgan fingerprint density at radius 3 is 2.75 bits per heavy atom. The second kappa shape index (κ2) is 4.95. The fourth-order valence-electron chi connectivity index (χ4n) is 1.31. The van der Waals surface area contributed by atoms with E-state index in [1.165, 1.54) is 0 Å². The van der Waals surface area contributed by atoms with Crippen LogP contribution in [0.1, 0.15) is 32.6 Å². The van der Waals surface area contributed by atoms with Crippen LogP contribution in [0, 0.1) is 11.8 Å². The van der Waals surface area contributed by atoms with Crippen LogP contribution in [0.3, 0.4) is 0 Å². The summed E-state index contributed by atoms with van der Waals surface area (Å²) in [6.07, 6.45) is 3.40. The lowest BCUT2D eigenvalue weighted by atomic mass is 9.97. The molecule has 0 radical (unpaired) electrons. The molecular formula is C10H14O2. The van der Waals surface area contributed by atoms with E-state index in [1.54, 1.807) is 6.92 Å². The molecule has 1 aliphatic carbocycles. The summed E-state index contributed by atoms with van der Waals surface area (Å²) >= 11 is 0. The van der Waals surface area contributed by atoms with Crippen molar-refractivity contribution in [2.75, 3.05) is 6.61 Å². The molecule has 12 heavy (non-hydrogen) atoms. The van der Waals surface area contributed by atoms with Crippen molar-refractivity contribution < 1.29 is 9.53 Å². The summed E-state index contributed by atoms with van der Waals surface area (Å²) in [6, 6.07) is 0. The van der Waals surface area contributed by atoms with Gasteiger partial charge in [0.25, 0.3) is 0 Å². The number of Topliss-reactive ketones (excluding diaryl/α,β-unsaturated/α-hetero) is 1. The molecule has 2 heteroatoms. The van der Waals surface area contributed by atoms with Gasteiger partial charge in [-0.05, 0) is 19.8 Å². The van der Waals surface area contributed by atoms with Gasteiger partial charge in [-0.3, -0.25) is 4.79 Å². The summed E-state index contributed by atoms with van der Waals surface area (Å²) in [5.74, 6) is 6.00. The van der Waals surface area contributed by atoms with Gasteiger partial charge in [0, 0.05) is 12.8 Å². The molecule has 0 heterocycles. The molecule has 1 aliphatic rings. The molecule has 0 amide bonds. The summed E-state index contributed by atoms with van der Waals surface area (Å²) < 4.78 is 5.45. The Hall–Kier alpha value is -0.810. The Morgan fingerprint density at radius 2 is 2.17 bits per heavy atom. The van der Waals surface area contributed by atoms with Gasteiger partial charge in [0.15, 0.2) is 0 Å². The minimum absolute atomic E-state index is 0.267. The Kier molecular flexibility index (Phi) is 3.83. The fraction of sp³-hybridized carbons (Fsp3) is 0.700. The summed E-state index contributed by atoms with van der Waals surface area (Å²) in [5, 5.41) is 0. The number of hydrogen-bond donors (Lipinski definition) is 0. The number of carbonyl (C=O) groups excluding carboxylic acids is 1. The third-order valence-corrected chi connectivity index (χ3v) is 2.06. The lowest BCUT2D eigenvalue weighted by molar-refractivity contribution is -0.122. The van der Waals surface area contributed by atoms with Crippen LogP contribution >= 0.6 is 0 Å². The van der Waals surface area contributed by atoms with Gasteiger partial charge in [0.05, 0.1) is 6.10 Å². The third-order valence-electron chi connectivity index (χ3n) is 2.06. The van der Waals surface area contributed by atoms with Crippen LogP contribution in [-0.4, -0.2) is 18.5 Å². The Bertz CT molecular complexity index is 200. The summed E-state index contributed by atoms with van der Waals surface area (Å²) in [6.45, 7) is 2.31. The average molecular weight is 166 g/mol. The molecular weight excluding hydrogens is 152 g/mol. The maximum absolute atomic E-state index is 10.9. The van der Waals surface area contributed by atoms with Gasteiger partial charge in [-0.15, -0.1) is 5.92 Å². The van der Waals surface area contributed by atoms with E-state index in [1.807, 2.05) is 0 Å². The Labute approximate surface area is 73.3 Å². The van der Waals surface area contributed by atoms with Crippen molar-refractivity contribution in [3.63, 3.8) is 0 Å². The SMILES string of the molecule is CC#CCOC1CCC(=O)CC1. The molecule has 2 nitrogen and oxygen atoms in total. The third kappa shape index (κ3) is 3.06. The second-order valence-corrected chi connectivity index (χ2v) is 2.98. The molecule has 0 bridgehead atoms. The largest absolute Gasteiger partial charge is 0.366 e. The first-order valence-corrected chi connectivity index (χ1v) is 4.36. The first-order chi connectivity index (χ1) is 5.83. The van der Waals surface area contributed by atoms with E-state index >= 15 is 0 Å². The smallest absolute Gasteiger partial charge is 0.133 e. The van der Waals surface area contributed by atoms with E-state index in [0.717, 1.165) is 12.8 Å². The Morgan fingerprint density at radius 1 is 1.50 bits per heavy atom. The van der Waals surface area contributed by atoms with Crippen molar-refractivity contribution >= 4 is 5.78 Å². The molecule has 0 aromatic heterocycles. The van der Waals surface area contributed by atoms with Gasteiger partial charge in [0.2, 0.25) is 0 Å². The number of rotatable bonds is 2. The lowest BCUT2D eigenvalue weighted by Crippen LogP contribution is -2.21. The van der Waals surface area contributed by atoms with Gasteiger partial charge in [-0.1, -0.05) is 5.92 Å². The molecule has 0 N–H and O–H groups in total. The lowest BCUT2D eigenvalue weighted by Gasteiger charge is -2.19. The molecule has 0 atom stereocenters. The van der Waals surface area contributed by atoms with Gasteiger partial charge in [-0.2, -0.15) is 0 Å². The maximum atomic E-state index is 10.9. The van der Waals surface area contributed by atoms with Gasteiger partial charge < -0.3 is 4.74 Å². The highest BCUT2D eigenvalue weighted by Crippen LogP contribution is 2.17. The topological polar surface area (TPSA) is 26.3 Å².